The van der Waals surface area contributed by atoms with Crippen LogP contribution in [0, 0.1) is 22.9 Å². The van der Waals surface area contributed by atoms with Crippen LogP contribution in [0.1, 0.15) is 45.4 Å². The number of hydrogen-bond acceptors (Lipinski definition) is 0. The molecule has 0 amide bonds. The molecule has 1 aliphatic rings. The zero-order valence-electron chi connectivity index (χ0n) is 12.1. The van der Waals surface area contributed by atoms with Gasteiger partial charge in [0.25, 0.3) is 0 Å². The Balaban J connectivity index is 2.40. The third-order valence-electron chi connectivity index (χ3n) is 4.25. The van der Waals surface area contributed by atoms with E-state index in [-0.39, 0.29) is 16.2 Å². The molecule has 1 N–H and O–H groups in total. The van der Waals surface area contributed by atoms with E-state index in [0.717, 1.165) is 30.2 Å². The van der Waals surface area contributed by atoms with Gasteiger partial charge in [0.15, 0.2) is 17.5 Å². The van der Waals surface area contributed by atoms with Crippen LogP contribution in [0.5, 0.6) is 0 Å². The molecule has 1 nitrogen and oxygen atoms in total. The lowest BCUT2D eigenvalue weighted by molar-refractivity contribution is 0.230. The van der Waals surface area contributed by atoms with Crippen LogP contribution in [0.3, 0.4) is 0 Å². The van der Waals surface area contributed by atoms with Crippen molar-refractivity contribution < 1.29 is 13.2 Å². The Hall–Kier alpha value is -1.45. The first kappa shape index (κ1) is 13.5. The van der Waals surface area contributed by atoms with Gasteiger partial charge >= 0.3 is 0 Å². The summed E-state index contributed by atoms with van der Waals surface area (Å²) in [5, 5.41) is 0.208. The number of nitrogens with one attached hydrogen (secondary N) is 1. The minimum atomic E-state index is -1.39. The Bertz CT molecular complexity index is 710. The lowest BCUT2D eigenvalue weighted by Crippen LogP contribution is -2.34. The summed E-state index contributed by atoms with van der Waals surface area (Å²) in [6.07, 6.45) is 1.63. The Morgan fingerprint density at radius 3 is 2.35 bits per heavy atom. The van der Waals surface area contributed by atoms with Crippen LogP contribution in [0.2, 0.25) is 0 Å². The molecule has 4 heteroatoms. The highest BCUT2D eigenvalue weighted by Gasteiger charge is 2.40. The number of benzene rings is 1. The number of fused-ring (bicyclic) bond motifs is 3. The van der Waals surface area contributed by atoms with E-state index in [2.05, 4.69) is 18.8 Å². The fourth-order valence-corrected chi connectivity index (χ4v) is 4.02. The molecule has 1 aliphatic carbocycles. The van der Waals surface area contributed by atoms with Crippen molar-refractivity contribution in [2.45, 2.75) is 46.0 Å². The molecule has 0 saturated carbocycles. The molecule has 0 spiro atoms. The van der Waals surface area contributed by atoms with E-state index in [1.807, 2.05) is 13.8 Å². The summed E-state index contributed by atoms with van der Waals surface area (Å²) in [4.78, 5) is 3.09. The van der Waals surface area contributed by atoms with E-state index in [9.17, 15) is 13.2 Å². The molecule has 0 radical (unpaired) electrons. The highest BCUT2D eigenvalue weighted by molar-refractivity contribution is 5.87. The van der Waals surface area contributed by atoms with Gasteiger partial charge in [0.1, 0.15) is 0 Å². The van der Waals surface area contributed by atoms with Crippen molar-refractivity contribution in [2.75, 3.05) is 0 Å². The summed E-state index contributed by atoms with van der Waals surface area (Å²) in [7, 11) is 0. The van der Waals surface area contributed by atoms with Crippen LogP contribution < -0.4 is 0 Å². The molecule has 1 heterocycles. The maximum atomic E-state index is 14.2. The normalized spacial score (nSPS) is 20.1. The molecule has 0 atom stereocenters. The van der Waals surface area contributed by atoms with Crippen LogP contribution in [0.4, 0.5) is 13.2 Å². The molecule has 108 valence electrons. The van der Waals surface area contributed by atoms with Crippen LogP contribution in [0.15, 0.2) is 6.07 Å². The lowest BCUT2D eigenvalue weighted by Gasteiger charge is -2.40. The van der Waals surface area contributed by atoms with Gasteiger partial charge in [0.05, 0.1) is 5.52 Å². The van der Waals surface area contributed by atoms with Gasteiger partial charge in [0, 0.05) is 17.1 Å². The number of aromatic nitrogens is 1. The molecule has 20 heavy (non-hydrogen) atoms. The van der Waals surface area contributed by atoms with Crippen LogP contribution >= 0.6 is 0 Å². The first-order valence-corrected chi connectivity index (χ1v) is 6.81. The molecular formula is C16H18F3N. The van der Waals surface area contributed by atoms with Gasteiger partial charge in [-0.2, -0.15) is 0 Å². The van der Waals surface area contributed by atoms with E-state index in [1.54, 1.807) is 0 Å². The average molecular weight is 281 g/mol. The lowest BCUT2D eigenvalue weighted by atomic mass is 9.64. The smallest absolute Gasteiger partial charge is 0.195 e. The summed E-state index contributed by atoms with van der Waals surface area (Å²) in [6.45, 7) is 8.36. The van der Waals surface area contributed by atoms with Crippen molar-refractivity contribution >= 4 is 10.9 Å². The Kier molecular flexibility index (Phi) is 2.57. The molecule has 2 aromatic rings. The van der Waals surface area contributed by atoms with Crippen molar-refractivity contribution in [1.82, 2.24) is 4.98 Å². The SMILES string of the molecule is CC1(C)Cc2[nH]c3cc(F)c(F)c(F)c3c2C(C)(C)C1. The maximum absolute atomic E-state index is 14.2. The van der Waals surface area contributed by atoms with E-state index in [4.69, 9.17) is 0 Å². The highest BCUT2D eigenvalue weighted by atomic mass is 19.2. The zero-order valence-corrected chi connectivity index (χ0v) is 12.1. The summed E-state index contributed by atoms with van der Waals surface area (Å²) >= 11 is 0. The molecule has 1 aromatic heterocycles. The fourth-order valence-electron chi connectivity index (χ4n) is 4.02. The minimum Gasteiger partial charge on any atom is -0.358 e. The monoisotopic (exact) mass is 281 g/mol. The second-order valence-corrected chi connectivity index (χ2v) is 7.29. The predicted octanol–water partition coefficient (Wildman–Crippen LogP) is 4.84. The van der Waals surface area contributed by atoms with Crippen LogP contribution in [-0.4, -0.2) is 4.98 Å². The quantitative estimate of drug-likeness (QED) is 0.665. The van der Waals surface area contributed by atoms with Gasteiger partial charge in [0.2, 0.25) is 0 Å². The van der Waals surface area contributed by atoms with E-state index >= 15 is 0 Å². The topological polar surface area (TPSA) is 15.8 Å². The van der Waals surface area contributed by atoms with E-state index < -0.39 is 17.5 Å². The predicted molar refractivity (Wildman–Crippen MR) is 73.3 cm³/mol. The summed E-state index contributed by atoms with van der Waals surface area (Å²) in [5.41, 5.74) is 1.83. The molecule has 3 rings (SSSR count). The van der Waals surface area contributed by atoms with Gasteiger partial charge in [-0.3, -0.25) is 0 Å². The van der Waals surface area contributed by atoms with Gasteiger partial charge in [-0.05, 0) is 29.2 Å². The molecule has 0 fully saturated rings. The molecule has 1 aromatic carbocycles. The fraction of sp³-hybridized carbons (Fsp3) is 0.500. The zero-order chi connectivity index (χ0) is 14.9. The van der Waals surface area contributed by atoms with Crippen LogP contribution in [0.25, 0.3) is 10.9 Å². The molecule has 0 saturated heterocycles. The highest BCUT2D eigenvalue weighted by Crippen LogP contribution is 2.48. The van der Waals surface area contributed by atoms with Gasteiger partial charge < -0.3 is 4.98 Å². The van der Waals surface area contributed by atoms with Crippen molar-refractivity contribution in [3.8, 4) is 0 Å². The minimum absolute atomic E-state index is 0.0743. The Morgan fingerprint density at radius 1 is 1.05 bits per heavy atom. The van der Waals surface area contributed by atoms with Crippen molar-refractivity contribution in [1.29, 1.82) is 0 Å². The Labute approximate surface area is 116 Å². The van der Waals surface area contributed by atoms with Crippen LogP contribution in [-0.2, 0) is 11.8 Å². The van der Waals surface area contributed by atoms with Crippen molar-refractivity contribution in [3.63, 3.8) is 0 Å². The number of halogens is 3. The van der Waals surface area contributed by atoms with Crippen molar-refractivity contribution in [2.24, 2.45) is 5.41 Å². The third-order valence-corrected chi connectivity index (χ3v) is 4.25. The second-order valence-electron chi connectivity index (χ2n) is 7.29. The largest absolute Gasteiger partial charge is 0.358 e. The van der Waals surface area contributed by atoms with Gasteiger partial charge in [-0.15, -0.1) is 0 Å². The Morgan fingerprint density at radius 2 is 1.70 bits per heavy atom. The molecule has 0 bridgehead atoms. The second kappa shape index (κ2) is 3.80. The summed E-state index contributed by atoms with van der Waals surface area (Å²) < 4.78 is 41.1. The number of hydrogen-bond donors (Lipinski definition) is 1. The molecule has 0 aliphatic heterocycles. The first-order chi connectivity index (χ1) is 9.12. The van der Waals surface area contributed by atoms with E-state index in [0.29, 0.717) is 5.52 Å². The van der Waals surface area contributed by atoms with Crippen molar-refractivity contribution in [3.05, 3.63) is 34.8 Å². The van der Waals surface area contributed by atoms with Gasteiger partial charge in [-0.25, -0.2) is 13.2 Å². The molecule has 0 unspecified atom stereocenters. The average Bonchev–Trinajstić information content (AvgIpc) is 2.61. The standard InChI is InChI=1S/C16H18F3N/c1-15(2)6-10-12(16(3,4)7-15)11-9(20-10)5-8(17)13(18)14(11)19/h5,20H,6-7H2,1-4H3. The number of H-pyrrole nitrogens is 1. The number of rotatable bonds is 0. The number of aromatic amines is 1. The summed E-state index contributed by atoms with van der Waals surface area (Å²) in [5.74, 6) is -3.61. The molecular weight excluding hydrogens is 263 g/mol. The van der Waals surface area contributed by atoms with E-state index in [1.165, 1.54) is 0 Å². The maximum Gasteiger partial charge on any atom is 0.195 e. The van der Waals surface area contributed by atoms with Gasteiger partial charge in [-0.1, -0.05) is 27.7 Å². The first-order valence-electron chi connectivity index (χ1n) is 6.81. The summed E-state index contributed by atoms with van der Waals surface area (Å²) in [6, 6.07) is 1.05. The third kappa shape index (κ3) is 1.77.